The Bertz CT molecular complexity index is 1150. The van der Waals surface area contributed by atoms with Crippen LogP contribution in [-0.4, -0.2) is 98.3 Å². The molecule has 1 aliphatic rings. The molecule has 7 nitrogen and oxygen atoms in total. The molecule has 202 valence electrons. The van der Waals surface area contributed by atoms with E-state index in [9.17, 15) is 24.6 Å². The maximum absolute atomic E-state index is 12.5. The topological polar surface area (TPSA) is 121 Å². The number of hydrogen-bond donors (Lipinski definition) is 3. The molecule has 2 aromatic carbocycles. The summed E-state index contributed by atoms with van der Waals surface area (Å²) in [7, 11) is 0. The Hall–Kier alpha value is -1.10. The summed E-state index contributed by atoms with van der Waals surface area (Å²) < 4.78 is 5.62. The summed E-state index contributed by atoms with van der Waals surface area (Å²) in [5.41, 5.74) is 2.74. The van der Waals surface area contributed by atoms with Crippen molar-refractivity contribution < 1.29 is 34.4 Å². The summed E-state index contributed by atoms with van der Waals surface area (Å²) in [4.78, 5) is 35.8. The third-order valence-electron chi connectivity index (χ3n) is 6.39. The summed E-state index contributed by atoms with van der Waals surface area (Å²) in [5.74, 6) is -2.90. The molecule has 0 bridgehead atoms. The Morgan fingerprint density at radius 1 is 1.00 bits per heavy atom. The molecule has 0 saturated heterocycles. The number of benzene rings is 2. The molecular formula is C29H36Na2O7S. The number of fused-ring (bicyclic) bond motifs is 1. The van der Waals surface area contributed by atoms with E-state index in [1.54, 1.807) is 19.1 Å². The second kappa shape index (κ2) is 17.7. The summed E-state index contributed by atoms with van der Waals surface area (Å²) >= 11 is 1.40. The first-order valence-corrected chi connectivity index (χ1v) is 13.6. The van der Waals surface area contributed by atoms with Gasteiger partial charge in [-0.15, -0.1) is 11.8 Å². The third kappa shape index (κ3) is 10.3. The minimum atomic E-state index is -1.24. The zero-order valence-corrected chi connectivity index (χ0v) is 22.0. The van der Waals surface area contributed by atoms with Crippen LogP contribution in [0.2, 0.25) is 0 Å². The first-order valence-electron chi connectivity index (χ1n) is 12.7. The Morgan fingerprint density at radius 3 is 2.28 bits per heavy atom. The van der Waals surface area contributed by atoms with Crippen LogP contribution < -0.4 is 4.74 Å². The molecular weight excluding hydrogens is 538 g/mol. The number of aliphatic hydroxyl groups excluding tert-OH is 1. The van der Waals surface area contributed by atoms with Gasteiger partial charge in [0.25, 0.3) is 0 Å². The van der Waals surface area contributed by atoms with Crippen molar-refractivity contribution in [1.29, 1.82) is 0 Å². The minimum absolute atomic E-state index is 0. The number of carboxylic acids is 2. The Balaban J connectivity index is 0.00000380. The molecule has 3 unspecified atom stereocenters. The van der Waals surface area contributed by atoms with E-state index in [1.807, 2.05) is 18.2 Å². The number of carbonyl (C=O) groups is 3. The van der Waals surface area contributed by atoms with E-state index in [1.165, 1.54) is 23.4 Å². The van der Waals surface area contributed by atoms with Crippen LogP contribution in [0.3, 0.4) is 0 Å². The van der Waals surface area contributed by atoms with Crippen molar-refractivity contribution in [3.05, 3.63) is 71.0 Å². The number of aliphatic hydroxyl groups is 1. The predicted molar refractivity (Wildman–Crippen MR) is 156 cm³/mol. The summed E-state index contributed by atoms with van der Waals surface area (Å²) in [6.07, 6.45) is 4.65. The number of hydrogen-bond acceptors (Lipinski definition) is 6. The summed E-state index contributed by atoms with van der Waals surface area (Å²) in [6.45, 7) is 3.88. The van der Waals surface area contributed by atoms with Gasteiger partial charge in [-0.3, -0.25) is 9.59 Å². The molecule has 0 aliphatic carbocycles. The Labute approximate surface area is 278 Å². The molecule has 3 atom stereocenters. The van der Waals surface area contributed by atoms with E-state index < -0.39 is 24.0 Å². The first-order chi connectivity index (χ1) is 17.7. The molecule has 0 aromatic heterocycles. The number of ether oxygens (including phenoxy) is 1. The molecule has 1 aliphatic heterocycles. The van der Waals surface area contributed by atoms with Crippen molar-refractivity contribution in [3.8, 4) is 5.75 Å². The normalized spacial score (nSPS) is 15.4. The van der Waals surface area contributed by atoms with Gasteiger partial charge in [-0.1, -0.05) is 50.6 Å². The molecule has 0 fully saturated rings. The van der Waals surface area contributed by atoms with Crippen LogP contribution in [0.4, 0.5) is 0 Å². The Kier molecular flexibility index (Phi) is 16.3. The second-order valence-corrected chi connectivity index (χ2v) is 10.4. The number of rotatable bonds is 14. The van der Waals surface area contributed by atoms with Gasteiger partial charge < -0.3 is 20.1 Å². The Morgan fingerprint density at radius 2 is 1.69 bits per heavy atom. The summed E-state index contributed by atoms with van der Waals surface area (Å²) in [5, 5.41) is 29.2. The number of aliphatic carboxylic acids is 2. The van der Waals surface area contributed by atoms with Gasteiger partial charge >= 0.3 is 71.1 Å². The number of allylic oxidation sites excluding steroid dienone is 1. The standard InChI is InChI=1S/C29H34O7S.2Na.2H/c1-3-5-7-18-10-12-19(13-11-18)28(24(31)8-6-9-27(32)33)37-20-14-15-21-22(23(30)4-2)17-26(29(34)35)36-25(21)16-20;;;;/h10-17,22,24,28,31H,3-9H2,1-2H3,(H,32,33)(H,34,35);;;;. The molecule has 3 rings (SSSR count). The van der Waals surface area contributed by atoms with Gasteiger partial charge in [0.05, 0.1) is 17.3 Å². The average molecular weight is 575 g/mol. The molecule has 39 heavy (non-hydrogen) atoms. The van der Waals surface area contributed by atoms with Crippen LogP contribution in [0.5, 0.6) is 5.75 Å². The van der Waals surface area contributed by atoms with Crippen molar-refractivity contribution in [2.45, 2.75) is 81.0 Å². The van der Waals surface area contributed by atoms with Gasteiger partial charge in [-0.05, 0) is 55.0 Å². The van der Waals surface area contributed by atoms with Crippen molar-refractivity contribution in [2.75, 3.05) is 0 Å². The monoisotopic (exact) mass is 574 g/mol. The molecule has 10 heteroatoms. The van der Waals surface area contributed by atoms with Crippen molar-refractivity contribution in [2.24, 2.45) is 0 Å². The second-order valence-electron chi connectivity index (χ2n) is 9.17. The van der Waals surface area contributed by atoms with Gasteiger partial charge in [0.2, 0.25) is 5.76 Å². The number of unbranched alkanes of at least 4 members (excludes halogenated alkanes) is 1. The van der Waals surface area contributed by atoms with E-state index in [0.29, 0.717) is 24.2 Å². The van der Waals surface area contributed by atoms with Gasteiger partial charge in [0.1, 0.15) is 11.5 Å². The predicted octanol–water partition coefficient (Wildman–Crippen LogP) is 4.61. The zero-order chi connectivity index (χ0) is 26.9. The van der Waals surface area contributed by atoms with Crippen molar-refractivity contribution in [3.63, 3.8) is 0 Å². The molecule has 0 saturated carbocycles. The molecule has 0 spiro atoms. The number of carboxylic acid groups (broad SMARTS) is 2. The number of Topliss-reactive ketones (excluding diaryl/α,β-unsaturated/α-hetero) is 1. The number of aryl methyl sites for hydroxylation is 1. The third-order valence-corrected chi connectivity index (χ3v) is 7.76. The zero-order valence-electron chi connectivity index (χ0n) is 21.2. The molecule has 3 N–H and O–H groups in total. The van der Waals surface area contributed by atoms with Crippen LogP contribution in [0.1, 0.15) is 80.2 Å². The van der Waals surface area contributed by atoms with Crippen LogP contribution in [0.15, 0.2) is 59.2 Å². The van der Waals surface area contributed by atoms with Crippen LogP contribution in [0, 0.1) is 0 Å². The fraction of sp³-hybridized carbons (Fsp3) is 0.414. The fourth-order valence-electron chi connectivity index (χ4n) is 4.31. The number of carbonyl (C=O) groups excluding carboxylic acids is 1. The van der Waals surface area contributed by atoms with Gasteiger partial charge in [0, 0.05) is 23.3 Å². The molecule has 1 heterocycles. The van der Waals surface area contributed by atoms with E-state index in [-0.39, 0.29) is 88.7 Å². The first kappa shape index (κ1) is 35.9. The maximum atomic E-state index is 12.5. The van der Waals surface area contributed by atoms with E-state index in [2.05, 4.69) is 19.1 Å². The average Bonchev–Trinajstić information content (AvgIpc) is 2.89. The molecule has 0 radical (unpaired) electrons. The van der Waals surface area contributed by atoms with Gasteiger partial charge in [-0.2, -0.15) is 0 Å². The van der Waals surface area contributed by atoms with Gasteiger partial charge in [0.15, 0.2) is 0 Å². The van der Waals surface area contributed by atoms with E-state index in [0.717, 1.165) is 29.7 Å². The molecule has 2 aromatic rings. The molecule has 0 amide bonds. The number of ketones is 1. The van der Waals surface area contributed by atoms with Crippen molar-refractivity contribution in [1.82, 2.24) is 0 Å². The summed E-state index contributed by atoms with van der Waals surface area (Å²) in [6, 6.07) is 13.4. The SMILES string of the molecule is CCCCc1ccc(C(Sc2ccc3c(c2)OC(C(=O)O)=CC3C(=O)CC)C(O)CCCC(=O)O)cc1.[NaH].[NaH]. The quantitative estimate of drug-likeness (QED) is 0.221. The van der Waals surface area contributed by atoms with Crippen molar-refractivity contribution >= 4 is 88.6 Å². The van der Waals surface area contributed by atoms with Gasteiger partial charge in [-0.25, -0.2) is 4.79 Å². The van der Waals surface area contributed by atoms with Crippen LogP contribution in [0.25, 0.3) is 0 Å². The fourth-order valence-corrected chi connectivity index (χ4v) is 5.51. The van der Waals surface area contributed by atoms with Crippen LogP contribution >= 0.6 is 11.8 Å². The van der Waals surface area contributed by atoms with E-state index >= 15 is 0 Å². The van der Waals surface area contributed by atoms with Crippen LogP contribution in [-0.2, 0) is 20.8 Å². The number of thioether (sulfide) groups is 1. The van der Waals surface area contributed by atoms with E-state index in [4.69, 9.17) is 9.84 Å².